The fourth-order valence-electron chi connectivity index (χ4n) is 2.98. The Morgan fingerprint density at radius 2 is 1.43 bits per heavy atom. The molecule has 0 bridgehead atoms. The molecule has 4 aromatic rings. The zero-order chi connectivity index (χ0) is 19.0. The summed E-state index contributed by atoms with van der Waals surface area (Å²) in [5.74, 6) is 0. The Morgan fingerprint density at radius 3 is 2.18 bits per heavy atom. The van der Waals surface area contributed by atoms with E-state index in [2.05, 4.69) is 10.2 Å². The Morgan fingerprint density at radius 1 is 0.750 bits per heavy atom. The van der Waals surface area contributed by atoms with E-state index in [0.29, 0.717) is 22.1 Å². The summed E-state index contributed by atoms with van der Waals surface area (Å²) in [6, 6.07) is 21.2. The van der Waals surface area contributed by atoms with Crippen LogP contribution in [0.4, 0.5) is 17.1 Å². The molecule has 6 nitrogen and oxygen atoms in total. The van der Waals surface area contributed by atoms with Gasteiger partial charge in [-0.1, -0.05) is 42.5 Å². The van der Waals surface area contributed by atoms with Crippen molar-refractivity contribution in [2.75, 3.05) is 5.73 Å². The van der Waals surface area contributed by atoms with Crippen molar-refractivity contribution < 1.29 is 13.0 Å². The molecule has 0 aliphatic heterocycles. The first kappa shape index (κ1) is 20.4. The molecule has 0 amide bonds. The largest absolute Gasteiger partial charge is 0.398 e. The number of benzene rings is 4. The van der Waals surface area contributed by atoms with Gasteiger partial charge in [0.1, 0.15) is 0 Å². The van der Waals surface area contributed by atoms with Crippen LogP contribution in [0.25, 0.3) is 21.5 Å². The molecular weight excluding hydrogens is 385 g/mol. The summed E-state index contributed by atoms with van der Waals surface area (Å²) in [7, 11) is -4.31. The van der Waals surface area contributed by atoms with E-state index in [1.165, 1.54) is 12.1 Å². The van der Waals surface area contributed by atoms with Crippen LogP contribution in [0.1, 0.15) is 0 Å². The maximum atomic E-state index is 11.4. The van der Waals surface area contributed by atoms with E-state index >= 15 is 0 Å². The minimum atomic E-state index is -4.31. The number of fused-ring (bicyclic) bond motifs is 2. The van der Waals surface area contributed by atoms with Crippen LogP contribution in [0.2, 0.25) is 0 Å². The third-order valence-corrected chi connectivity index (χ3v) is 5.18. The molecule has 28 heavy (non-hydrogen) atoms. The molecule has 1 radical (unpaired) electrons. The van der Waals surface area contributed by atoms with Gasteiger partial charge in [0.15, 0.2) is 0 Å². The molecule has 135 valence electrons. The Bertz CT molecular complexity index is 1320. The first-order valence-corrected chi connectivity index (χ1v) is 9.57. The second-order valence-electron chi connectivity index (χ2n) is 6.05. The van der Waals surface area contributed by atoms with Gasteiger partial charge in [0.25, 0.3) is 10.1 Å². The Balaban J connectivity index is 0.00000225. The van der Waals surface area contributed by atoms with E-state index in [1.54, 1.807) is 18.2 Å². The smallest absolute Gasteiger partial charge is 0.294 e. The molecule has 4 rings (SSSR count). The minimum absolute atomic E-state index is 0. The molecule has 8 heteroatoms. The Kier molecular flexibility index (Phi) is 5.83. The summed E-state index contributed by atoms with van der Waals surface area (Å²) in [5.41, 5.74) is 7.64. The molecule has 0 atom stereocenters. The summed E-state index contributed by atoms with van der Waals surface area (Å²) in [5, 5.41) is 11.9. The third kappa shape index (κ3) is 3.94. The van der Waals surface area contributed by atoms with Gasteiger partial charge in [-0.15, -0.1) is 10.2 Å². The van der Waals surface area contributed by atoms with E-state index in [4.69, 9.17) is 5.73 Å². The van der Waals surface area contributed by atoms with Crippen molar-refractivity contribution in [3.8, 4) is 0 Å². The standard InChI is InChI=1S/C20H15N3O3S.Na/c21-18-10-11-20(16-9-8-14(12-17(16)18)27(24,25)26)23-22-19-7-3-5-13-4-1-2-6-15(13)19;/h1-12H,21H2,(H,24,25,26);. The number of nitrogens with zero attached hydrogens (tertiary/aromatic N) is 2. The molecule has 4 aromatic carbocycles. The van der Waals surface area contributed by atoms with E-state index in [9.17, 15) is 13.0 Å². The summed E-state index contributed by atoms with van der Waals surface area (Å²) < 4.78 is 32.0. The van der Waals surface area contributed by atoms with Crippen molar-refractivity contribution in [3.63, 3.8) is 0 Å². The normalized spacial score (nSPS) is 11.8. The van der Waals surface area contributed by atoms with Gasteiger partial charge in [-0.05, 0) is 35.7 Å². The van der Waals surface area contributed by atoms with Crippen LogP contribution in [0.15, 0.2) is 87.9 Å². The molecule has 0 aliphatic rings. The molecule has 0 saturated carbocycles. The molecule has 0 aliphatic carbocycles. The average molecular weight is 400 g/mol. The van der Waals surface area contributed by atoms with Crippen molar-refractivity contribution in [2.45, 2.75) is 4.90 Å². The summed E-state index contributed by atoms with van der Waals surface area (Å²) in [6.07, 6.45) is 0. The summed E-state index contributed by atoms with van der Waals surface area (Å²) in [4.78, 5) is -0.218. The second kappa shape index (κ2) is 7.98. The van der Waals surface area contributed by atoms with E-state index in [0.717, 1.165) is 16.5 Å². The number of nitrogen functional groups attached to an aromatic ring is 1. The SMILES string of the molecule is Nc1ccc(N=Nc2cccc3ccccc23)c2ccc(S(=O)(=O)O)cc12.[Na]. The van der Waals surface area contributed by atoms with E-state index in [-0.39, 0.29) is 34.5 Å². The molecular formula is C20H15N3NaO3S. The quantitative estimate of drug-likeness (QED) is 0.222. The van der Waals surface area contributed by atoms with Gasteiger partial charge >= 0.3 is 0 Å². The van der Waals surface area contributed by atoms with Crippen LogP contribution in [0.5, 0.6) is 0 Å². The molecule has 0 fully saturated rings. The predicted octanol–water partition coefficient (Wildman–Crippen LogP) is 4.86. The van der Waals surface area contributed by atoms with Crippen molar-refractivity contribution in [1.29, 1.82) is 0 Å². The van der Waals surface area contributed by atoms with Crippen molar-refractivity contribution in [3.05, 3.63) is 72.8 Å². The van der Waals surface area contributed by atoms with Crippen molar-refractivity contribution >= 4 is 78.3 Å². The van der Waals surface area contributed by atoms with Gasteiger partial charge in [0, 0.05) is 51.4 Å². The van der Waals surface area contributed by atoms with Crippen LogP contribution >= 0.6 is 0 Å². The number of nitrogens with two attached hydrogens (primary N) is 1. The van der Waals surface area contributed by atoms with Gasteiger partial charge < -0.3 is 5.73 Å². The van der Waals surface area contributed by atoms with Crippen LogP contribution < -0.4 is 5.73 Å². The predicted molar refractivity (Wildman–Crippen MR) is 112 cm³/mol. The zero-order valence-corrected chi connectivity index (χ0v) is 17.9. The number of azo groups is 1. The van der Waals surface area contributed by atoms with Crippen molar-refractivity contribution in [2.24, 2.45) is 10.2 Å². The first-order chi connectivity index (χ1) is 12.9. The van der Waals surface area contributed by atoms with Gasteiger partial charge in [-0.25, -0.2) is 0 Å². The van der Waals surface area contributed by atoms with E-state index in [1.807, 2.05) is 42.5 Å². The minimum Gasteiger partial charge on any atom is -0.398 e. The second-order valence-corrected chi connectivity index (χ2v) is 7.48. The maximum absolute atomic E-state index is 11.4. The van der Waals surface area contributed by atoms with Crippen LogP contribution in [-0.2, 0) is 10.1 Å². The van der Waals surface area contributed by atoms with Crippen LogP contribution in [0.3, 0.4) is 0 Å². The summed E-state index contributed by atoms with van der Waals surface area (Å²) in [6.45, 7) is 0. The Labute approximate surface area is 184 Å². The molecule has 3 N–H and O–H groups in total. The number of hydrogen-bond acceptors (Lipinski definition) is 5. The van der Waals surface area contributed by atoms with Gasteiger partial charge in [0.2, 0.25) is 0 Å². The van der Waals surface area contributed by atoms with Gasteiger partial charge in [0.05, 0.1) is 16.3 Å². The van der Waals surface area contributed by atoms with Gasteiger partial charge in [-0.2, -0.15) is 8.42 Å². The zero-order valence-electron chi connectivity index (χ0n) is 15.1. The number of anilines is 1. The Hall–Kier alpha value is -2.29. The maximum Gasteiger partial charge on any atom is 0.294 e. The summed E-state index contributed by atoms with van der Waals surface area (Å²) >= 11 is 0. The molecule has 0 spiro atoms. The van der Waals surface area contributed by atoms with E-state index < -0.39 is 10.1 Å². The average Bonchev–Trinajstić information content (AvgIpc) is 2.66. The third-order valence-electron chi connectivity index (χ3n) is 4.33. The van der Waals surface area contributed by atoms with Crippen molar-refractivity contribution in [1.82, 2.24) is 0 Å². The van der Waals surface area contributed by atoms with Gasteiger partial charge in [-0.3, -0.25) is 4.55 Å². The molecule has 0 heterocycles. The number of rotatable bonds is 3. The van der Waals surface area contributed by atoms with Crippen LogP contribution in [0, 0.1) is 0 Å². The molecule has 0 unspecified atom stereocenters. The fourth-order valence-corrected chi connectivity index (χ4v) is 3.49. The number of hydrogen-bond donors (Lipinski definition) is 2. The monoisotopic (exact) mass is 400 g/mol. The fraction of sp³-hybridized carbons (Fsp3) is 0. The first-order valence-electron chi connectivity index (χ1n) is 8.13. The molecule has 0 aromatic heterocycles. The van der Waals surface area contributed by atoms with Crippen LogP contribution in [-0.4, -0.2) is 42.5 Å². The topological polar surface area (TPSA) is 105 Å². The molecule has 0 saturated heterocycles.